The van der Waals surface area contributed by atoms with Crippen LogP contribution >= 0.6 is 0 Å². The Balaban J connectivity index is 1.39. The van der Waals surface area contributed by atoms with Crippen molar-refractivity contribution in [3.05, 3.63) is 60.7 Å². The van der Waals surface area contributed by atoms with E-state index >= 15 is 0 Å². The predicted octanol–water partition coefficient (Wildman–Crippen LogP) is 3.58. The van der Waals surface area contributed by atoms with E-state index < -0.39 is 6.10 Å². The summed E-state index contributed by atoms with van der Waals surface area (Å²) in [4.78, 5) is 23.9. The van der Waals surface area contributed by atoms with Gasteiger partial charge in [0.25, 0.3) is 11.8 Å². The standard InChI is InChI=1S/C21H18N2O4/c1-13-21(25)23-18-11-16(7-9-19(18)27-13)22-20(24)12-26-17-8-6-14-4-2-3-5-15(14)10-17/h2-11,13H,12H2,1H3,(H,22,24)(H,23,25). The molecule has 0 aromatic heterocycles. The van der Waals surface area contributed by atoms with E-state index in [1.54, 1.807) is 25.1 Å². The average molecular weight is 362 g/mol. The fourth-order valence-electron chi connectivity index (χ4n) is 2.89. The molecule has 4 rings (SSSR count). The molecule has 0 radical (unpaired) electrons. The van der Waals surface area contributed by atoms with Gasteiger partial charge in [-0.05, 0) is 48.0 Å². The molecule has 0 spiro atoms. The van der Waals surface area contributed by atoms with Crippen LogP contribution < -0.4 is 20.1 Å². The average Bonchev–Trinajstić information content (AvgIpc) is 2.67. The van der Waals surface area contributed by atoms with E-state index in [0.717, 1.165) is 10.8 Å². The van der Waals surface area contributed by atoms with Gasteiger partial charge in [0.05, 0.1) is 5.69 Å². The fourth-order valence-corrected chi connectivity index (χ4v) is 2.89. The molecule has 6 nitrogen and oxygen atoms in total. The first-order chi connectivity index (χ1) is 13.1. The van der Waals surface area contributed by atoms with Crippen LogP contribution in [0.25, 0.3) is 10.8 Å². The molecule has 1 aliphatic heterocycles. The molecular formula is C21H18N2O4. The molecule has 1 atom stereocenters. The first-order valence-corrected chi connectivity index (χ1v) is 8.61. The van der Waals surface area contributed by atoms with Gasteiger partial charge in [0, 0.05) is 5.69 Å². The zero-order valence-corrected chi connectivity index (χ0v) is 14.7. The van der Waals surface area contributed by atoms with Crippen molar-refractivity contribution in [1.82, 2.24) is 0 Å². The summed E-state index contributed by atoms with van der Waals surface area (Å²) >= 11 is 0. The lowest BCUT2D eigenvalue weighted by atomic mass is 10.1. The molecule has 6 heteroatoms. The summed E-state index contributed by atoms with van der Waals surface area (Å²) in [6.07, 6.45) is -0.534. The second-order valence-corrected chi connectivity index (χ2v) is 6.31. The number of hydrogen-bond acceptors (Lipinski definition) is 4. The molecule has 3 aromatic carbocycles. The summed E-state index contributed by atoms with van der Waals surface area (Å²) in [5, 5.41) is 7.67. The Labute approximate surface area is 156 Å². The molecule has 27 heavy (non-hydrogen) atoms. The Hall–Kier alpha value is -3.54. The second kappa shape index (κ2) is 6.99. The molecule has 3 aromatic rings. The highest BCUT2D eigenvalue weighted by Gasteiger charge is 2.23. The minimum absolute atomic E-state index is 0.116. The van der Waals surface area contributed by atoms with Crippen LogP contribution in [-0.4, -0.2) is 24.5 Å². The van der Waals surface area contributed by atoms with Gasteiger partial charge in [-0.1, -0.05) is 30.3 Å². The molecule has 0 aliphatic carbocycles. The summed E-state index contributed by atoms with van der Waals surface area (Å²) in [5.41, 5.74) is 1.09. The molecule has 1 unspecified atom stereocenters. The smallest absolute Gasteiger partial charge is 0.265 e. The van der Waals surface area contributed by atoms with Crippen LogP contribution in [0.4, 0.5) is 11.4 Å². The first kappa shape index (κ1) is 16.9. The summed E-state index contributed by atoms with van der Waals surface area (Å²) in [7, 11) is 0. The summed E-state index contributed by atoms with van der Waals surface area (Å²) in [5.74, 6) is 0.696. The number of amides is 2. The molecule has 2 N–H and O–H groups in total. The van der Waals surface area contributed by atoms with Crippen molar-refractivity contribution in [3.8, 4) is 11.5 Å². The third kappa shape index (κ3) is 3.69. The fraction of sp³-hybridized carbons (Fsp3) is 0.143. The lowest BCUT2D eigenvalue weighted by Crippen LogP contribution is -2.34. The van der Waals surface area contributed by atoms with Crippen LogP contribution in [0.3, 0.4) is 0 Å². The number of nitrogens with one attached hydrogen (secondary N) is 2. The van der Waals surface area contributed by atoms with E-state index in [0.29, 0.717) is 22.9 Å². The summed E-state index contributed by atoms with van der Waals surface area (Å²) in [6.45, 7) is 1.56. The monoisotopic (exact) mass is 362 g/mol. The van der Waals surface area contributed by atoms with Crippen molar-refractivity contribution in [2.24, 2.45) is 0 Å². The van der Waals surface area contributed by atoms with Gasteiger partial charge in [0.2, 0.25) is 0 Å². The molecule has 2 amide bonds. The molecule has 136 valence electrons. The van der Waals surface area contributed by atoms with Crippen molar-refractivity contribution in [2.75, 3.05) is 17.2 Å². The van der Waals surface area contributed by atoms with Crippen LogP contribution in [0.5, 0.6) is 11.5 Å². The molecule has 0 bridgehead atoms. The van der Waals surface area contributed by atoms with Crippen LogP contribution in [-0.2, 0) is 9.59 Å². The molecule has 0 fully saturated rings. The van der Waals surface area contributed by atoms with Gasteiger partial charge in [-0.25, -0.2) is 0 Å². The highest BCUT2D eigenvalue weighted by atomic mass is 16.5. The normalized spacial score (nSPS) is 15.4. The van der Waals surface area contributed by atoms with E-state index in [9.17, 15) is 9.59 Å². The van der Waals surface area contributed by atoms with Crippen LogP contribution in [0.15, 0.2) is 60.7 Å². The van der Waals surface area contributed by atoms with E-state index in [1.807, 2.05) is 42.5 Å². The molecule has 0 saturated heterocycles. The quantitative estimate of drug-likeness (QED) is 0.744. The Bertz CT molecular complexity index is 1030. The second-order valence-electron chi connectivity index (χ2n) is 6.31. The topological polar surface area (TPSA) is 76.7 Å². The van der Waals surface area contributed by atoms with Gasteiger partial charge in [0.1, 0.15) is 11.5 Å². The lowest BCUT2D eigenvalue weighted by molar-refractivity contribution is -0.122. The SMILES string of the molecule is CC1Oc2ccc(NC(=O)COc3ccc4ccccc4c3)cc2NC1=O. The Morgan fingerprint density at radius 1 is 1.11 bits per heavy atom. The highest BCUT2D eigenvalue weighted by Crippen LogP contribution is 2.32. The molecule has 0 saturated carbocycles. The maximum absolute atomic E-state index is 12.2. The number of anilines is 2. The van der Waals surface area contributed by atoms with E-state index in [-0.39, 0.29) is 18.4 Å². The first-order valence-electron chi connectivity index (χ1n) is 8.61. The Morgan fingerprint density at radius 2 is 1.93 bits per heavy atom. The van der Waals surface area contributed by atoms with E-state index in [4.69, 9.17) is 9.47 Å². The Kier molecular flexibility index (Phi) is 4.38. The van der Waals surface area contributed by atoms with Crippen LogP contribution in [0, 0.1) is 0 Å². The number of fused-ring (bicyclic) bond motifs is 2. The van der Waals surface area contributed by atoms with Crippen molar-refractivity contribution < 1.29 is 19.1 Å². The van der Waals surface area contributed by atoms with Crippen LogP contribution in [0.2, 0.25) is 0 Å². The predicted molar refractivity (Wildman–Crippen MR) is 103 cm³/mol. The van der Waals surface area contributed by atoms with Gasteiger partial charge in [-0.15, -0.1) is 0 Å². The number of rotatable bonds is 4. The maximum atomic E-state index is 12.2. The number of carbonyl (C=O) groups excluding carboxylic acids is 2. The lowest BCUT2D eigenvalue weighted by Gasteiger charge is -2.23. The number of carbonyl (C=O) groups is 2. The number of ether oxygens (including phenoxy) is 2. The van der Waals surface area contributed by atoms with Gasteiger partial charge in [0.15, 0.2) is 12.7 Å². The van der Waals surface area contributed by atoms with Crippen molar-refractivity contribution in [3.63, 3.8) is 0 Å². The molecule has 1 aliphatic rings. The minimum atomic E-state index is -0.534. The summed E-state index contributed by atoms with van der Waals surface area (Å²) < 4.78 is 11.1. The molecule has 1 heterocycles. The third-order valence-corrected chi connectivity index (χ3v) is 4.29. The van der Waals surface area contributed by atoms with Gasteiger partial charge in [-0.3, -0.25) is 9.59 Å². The van der Waals surface area contributed by atoms with Gasteiger partial charge in [-0.2, -0.15) is 0 Å². The summed E-state index contributed by atoms with van der Waals surface area (Å²) in [6, 6.07) is 18.7. The highest BCUT2D eigenvalue weighted by molar-refractivity contribution is 5.99. The molecular weight excluding hydrogens is 344 g/mol. The van der Waals surface area contributed by atoms with Crippen molar-refractivity contribution in [2.45, 2.75) is 13.0 Å². The van der Waals surface area contributed by atoms with Crippen molar-refractivity contribution in [1.29, 1.82) is 0 Å². The zero-order chi connectivity index (χ0) is 18.8. The van der Waals surface area contributed by atoms with E-state index in [1.165, 1.54) is 0 Å². The van der Waals surface area contributed by atoms with Crippen LogP contribution in [0.1, 0.15) is 6.92 Å². The largest absolute Gasteiger partial charge is 0.484 e. The maximum Gasteiger partial charge on any atom is 0.265 e. The van der Waals surface area contributed by atoms with E-state index in [2.05, 4.69) is 10.6 Å². The minimum Gasteiger partial charge on any atom is -0.484 e. The third-order valence-electron chi connectivity index (χ3n) is 4.29. The number of benzene rings is 3. The van der Waals surface area contributed by atoms with Crippen molar-refractivity contribution >= 4 is 34.0 Å². The van der Waals surface area contributed by atoms with Gasteiger partial charge >= 0.3 is 0 Å². The number of hydrogen-bond donors (Lipinski definition) is 2. The Morgan fingerprint density at radius 3 is 2.78 bits per heavy atom. The zero-order valence-electron chi connectivity index (χ0n) is 14.7. The van der Waals surface area contributed by atoms with Gasteiger partial charge < -0.3 is 20.1 Å².